The molecule has 0 unspecified atom stereocenters. The normalized spacial score (nSPS) is 18.8. The van der Waals surface area contributed by atoms with E-state index >= 15 is 0 Å². The van der Waals surface area contributed by atoms with Crippen molar-refractivity contribution in [1.82, 2.24) is 8.61 Å². The summed E-state index contributed by atoms with van der Waals surface area (Å²) in [4.78, 5) is 0. The van der Waals surface area contributed by atoms with Gasteiger partial charge in [-0.2, -0.15) is 17.0 Å². The Balaban J connectivity index is 2.39. The molecule has 102 valence electrons. The van der Waals surface area contributed by atoms with Crippen LogP contribution >= 0.6 is 0 Å². The summed E-state index contributed by atoms with van der Waals surface area (Å²) in [7, 11) is -1.82. The number of nitrogens with two attached hydrogens (primary N) is 1. The summed E-state index contributed by atoms with van der Waals surface area (Å²) in [6.45, 7) is 3.32. The van der Waals surface area contributed by atoms with Crippen LogP contribution in [-0.4, -0.2) is 76.7 Å². The van der Waals surface area contributed by atoms with Gasteiger partial charge in [0, 0.05) is 33.2 Å². The maximum atomic E-state index is 12.1. The van der Waals surface area contributed by atoms with Gasteiger partial charge in [0.2, 0.25) is 0 Å². The van der Waals surface area contributed by atoms with Gasteiger partial charge in [0.25, 0.3) is 10.2 Å². The highest BCUT2D eigenvalue weighted by Gasteiger charge is 2.27. The predicted octanol–water partition coefficient (Wildman–Crippen LogP) is -1.53. The molecule has 0 aromatic carbocycles. The fraction of sp³-hybridized carbons (Fsp3) is 1.00. The molecule has 0 bridgehead atoms. The largest absolute Gasteiger partial charge is 0.379 e. The number of rotatable bonds is 7. The van der Waals surface area contributed by atoms with E-state index in [1.807, 2.05) is 0 Å². The molecule has 7 nitrogen and oxygen atoms in total. The molecule has 1 aliphatic heterocycles. The molecule has 1 heterocycles. The summed E-state index contributed by atoms with van der Waals surface area (Å²) in [6, 6.07) is 0. The summed E-state index contributed by atoms with van der Waals surface area (Å²) >= 11 is 0. The Kier molecular flexibility index (Phi) is 6.31. The van der Waals surface area contributed by atoms with Gasteiger partial charge < -0.3 is 15.2 Å². The van der Waals surface area contributed by atoms with Crippen LogP contribution in [0.25, 0.3) is 0 Å². The minimum atomic E-state index is -3.37. The maximum Gasteiger partial charge on any atom is 0.281 e. The second-order valence-corrected chi connectivity index (χ2v) is 5.78. The Bertz CT molecular complexity index is 303. The van der Waals surface area contributed by atoms with Gasteiger partial charge in [0.05, 0.1) is 26.4 Å². The molecule has 0 radical (unpaired) electrons. The van der Waals surface area contributed by atoms with Crippen LogP contribution in [0.3, 0.4) is 0 Å². The van der Waals surface area contributed by atoms with Crippen LogP contribution in [0.5, 0.6) is 0 Å². The van der Waals surface area contributed by atoms with Gasteiger partial charge >= 0.3 is 0 Å². The number of hydrogen-bond donors (Lipinski definition) is 1. The van der Waals surface area contributed by atoms with E-state index < -0.39 is 10.2 Å². The van der Waals surface area contributed by atoms with E-state index in [-0.39, 0.29) is 0 Å². The van der Waals surface area contributed by atoms with Crippen molar-refractivity contribution >= 4 is 10.2 Å². The first-order valence-corrected chi connectivity index (χ1v) is 7.05. The Morgan fingerprint density at radius 3 is 2.59 bits per heavy atom. The van der Waals surface area contributed by atoms with Crippen LogP contribution in [0.15, 0.2) is 0 Å². The lowest BCUT2D eigenvalue weighted by atomic mass is 10.5. The van der Waals surface area contributed by atoms with Crippen LogP contribution in [0.2, 0.25) is 0 Å². The van der Waals surface area contributed by atoms with Gasteiger partial charge in [-0.3, -0.25) is 0 Å². The fourth-order valence-corrected chi connectivity index (χ4v) is 2.78. The van der Waals surface area contributed by atoms with E-state index in [0.717, 1.165) is 0 Å². The molecule has 0 aromatic heterocycles. The van der Waals surface area contributed by atoms with Gasteiger partial charge in [-0.05, 0) is 0 Å². The zero-order chi connectivity index (χ0) is 12.7. The molecule has 0 aliphatic carbocycles. The van der Waals surface area contributed by atoms with Gasteiger partial charge in [0.15, 0.2) is 0 Å². The maximum absolute atomic E-state index is 12.1. The molecule has 0 saturated carbocycles. The Labute approximate surface area is 103 Å². The fourth-order valence-electron chi connectivity index (χ4n) is 1.47. The van der Waals surface area contributed by atoms with Crippen molar-refractivity contribution in [3.63, 3.8) is 0 Å². The van der Waals surface area contributed by atoms with Gasteiger partial charge in [-0.15, -0.1) is 0 Å². The molecule has 1 saturated heterocycles. The molecule has 0 aromatic rings. The molecule has 2 N–H and O–H groups in total. The van der Waals surface area contributed by atoms with Crippen molar-refractivity contribution in [2.45, 2.75) is 0 Å². The Morgan fingerprint density at radius 2 is 2.00 bits per heavy atom. The van der Waals surface area contributed by atoms with Crippen LogP contribution in [0, 0.1) is 0 Å². The first-order chi connectivity index (χ1) is 8.09. The summed E-state index contributed by atoms with van der Waals surface area (Å²) < 4.78 is 37.1. The first-order valence-electron chi connectivity index (χ1n) is 5.66. The molecule has 8 heteroatoms. The highest BCUT2D eigenvalue weighted by molar-refractivity contribution is 7.86. The molecular weight excluding hydrogens is 246 g/mol. The highest BCUT2D eigenvalue weighted by atomic mass is 32.2. The smallest absolute Gasteiger partial charge is 0.281 e. The average Bonchev–Trinajstić information content (AvgIpc) is 2.35. The molecule has 0 amide bonds. The van der Waals surface area contributed by atoms with E-state index in [1.54, 1.807) is 7.05 Å². The number of morpholine rings is 1. The molecule has 17 heavy (non-hydrogen) atoms. The summed E-state index contributed by atoms with van der Waals surface area (Å²) in [5.74, 6) is 0. The second kappa shape index (κ2) is 7.24. The number of hydrogen-bond acceptors (Lipinski definition) is 5. The molecule has 1 rings (SSSR count). The lowest BCUT2D eigenvalue weighted by molar-refractivity contribution is 0.0695. The third-order valence-electron chi connectivity index (χ3n) is 2.50. The van der Waals surface area contributed by atoms with Crippen LogP contribution < -0.4 is 5.73 Å². The third-order valence-corrected chi connectivity index (χ3v) is 4.49. The van der Waals surface area contributed by atoms with Crippen LogP contribution in [0.4, 0.5) is 0 Å². The van der Waals surface area contributed by atoms with Crippen molar-refractivity contribution in [2.24, 2.45) is 5.73 Å². The van der Waals surface area contributed by atoms with Gasteiger partial charge in [-0.25, -0.2) is 0 Å². The molecule has 1 fully saturated rings. The lowest BCUT2D eigenvalue weighted by Crippen LogP contribution is -2.48. The highest BCUT2D eigenvalue weighted by Crippen LogP contribution is 2.08. The SMILES string of the molecule is CN(CCOCCN)S(=O)(=O)N1CCOCC1. The predicted molar refractivity (Wildman–Crippen MR) is 63.8 cm³/mol. The number of nitrogens with zero attached hydrogens (tertiary/aromatic N) is 2. The molecule has 1 aliphatic rings. The minimum Gasteiger partial charge on any atom is -0.379 e. The van der Waals surface area contributed by atoms with Gasteiger partial charge in [0.1, 0.15) is 0 Å². The number of likely N-dealkylation sites (N-methyl/N-ethyl adjacent to an activating group) is 1. The standard InChI is InChI=1S/C9H21N3O4S/c1-11(3-7-15-6-2-10)17(13,14)12-4-8-16-9-5-12/h2-10H2,1H3. The van der Waals surface area contributed by atoms with E-state index in [0.29, 0.717) is 52.6 Å². The summed E-state index contributed by atoms with van der Waals surface area (Å²) in [5.41, 5.74) is 5.27. The quantitative estimate of drug-likeness (QED) is 0.566. The number of ether oxygens (including phenoxy) is 2. The van der Waals surface area contributed by atoms with E-state index in [4.69, 9.17) is 15.2 Å². The molecule has 0 spiro atoms. The van der Waals surface area contributed by atoms with Crippen molar-refractivity contribution in [3.8, 4) is 0 Å². The third kappa shape index (κ3) is 4.49. The Hall–Kier alpha value is -0.250. The van der Waals surface area contributed by atoms with Crippen molar-refractivity contribution < 1.29 is 17.9 Å². The van der Waals surface area contributed by atoms with E-state index in [1.165, 1.54) is 8.61 Å². The second-order valence-electron chi connectivity index (χ2n) is 3.74. The minimum absolute atomic E-state index is 0.333. The topological polar surface area (TPSA) is 85.1 Å². The summed E-state index contributed by atoms with van der Waals surface area (Å²) in [5, 5.41) is 0. The average molecular weight is 267 g/mol. The molecular formula is C9H21N3O4S. The monoisotopic (exact) mass is 267 g/mol. The summed E-state index contributed by atoms with van der Waals surface area (Å²) in [6.07, 6.45) is 0. The van der Waals surface area contributed by atoms with Gasteiger partial charge in [-0.1, -0.05) is 0 Å². The first kappa shape index (κ1) is 14.8. The van der Waals surface area contributed by atoms with Crippen molar-refractivity contribution in [1.29, 1.82) is 0 Å². The van der Waals surface area contributed by atoms with Crippen LogP contribution in [0.1, 0.15) is 0 Å². The van der Waals surface area contributed by atoms with E-state index in [9.17, 15) is 8.42 Å². The van der Waals surface area contributed by atoms with Crippen molar-refractivity contribution in [2.75, 3.05) is 59.7 Å². The van der Waals surface area contributed by atoms with E-state index in [2.05, 4.69) is 0 Å². The Morgan fingerprint density at radius 1 is 1.35 bits per heavy atom. The van der Waals surface area contributed by atoms with Crippen LogP contribution in [-0.2, 0) is 19.7 Å². The lowest BCUT2D eigenvalue weighted by Gasteiger charge is -2.30. The zero-order valence-corrected chi connectivity index (χ0v) is 11.0. The van der Waals surface area contributed by atoms with Crippen molar-refractivity contribution in [3.05, 3.63) is 0 Å². The molecule has 0 atom stereocenters. The zero-order valence-electron chi connectivity index (χ0n) is 10.2.